The predicted octanol–water partition coefficient (Wildman–Crippen LogP) is 4.73. The van der Waals surface area contributed by atoms with Crippen molar-refractivity contribution in [3.63, 3.8) is 0 Å². The van der Waals surface area contributed by atoms with Crippen LogP contribution < -0.4 is 5.32 Å². The van der Waals surface area contributed by atoms with Crippen molar-refractivity contribution in [1.29, 1.82) is 0 Å². The van der Waals surface area contributed by atoms with E-state index in [1.165, 1.54) is 36.8 Å². The molecule has 1 heterocycles. The van der Waals surface area contributed by atoms with Gasteiger partial charge in [0.25, 0.3) is 0 Å². The number of rotatable bonds is 5. The number of aromatic nitrogens is 2. The van der Waals surface area contributed by atoms with Gasteiger partial charge in [-0.3, -0.25) is 0 Å². The van der Waals surface area contributed by atoms with Gasteiger partial charge in [0.05, 0.1) is 0 Å². The number of benzene rings is 1. The molecule has 0 unspecified atom stereocenters. The highest BCUT2D eigenvalue weighted by atomic mass is 15.2. The quantitative estimate of drug-likeness (QED) is 0.859. The van der Waals surface area contributed by atoms with Crippen LogP contribution in [0.4, 0.5) is 5.95 Å². The molecule has 1 saturated carbocycles. The van der Waals surface area contributed by atoms with Gasteiger partial charge in [-0.25, -0.2) is 4.98 Å². The van der Waals surface area contributed by atoms with Gasteiger partial charge >= 0.3 is 0 Å². The van der Waals surface area contributed by atoms with Crippen LogP contribution in [0.5, 0.6) is 0 Å². The zero-order valence-corrected chi connectivity index (χ0v) is 13.0. The van der Waals surface area contributed by atoms with Crippen LogP contribution in [0.1, 0.15) is 62.6 Å². The standard InChI is InChI=1S/C18H25N3/c1-14(2)16-9-7-15(8-10-16)13-20-18-19-11-12-21(18)17-5-3-4-6-17/h7-12,14,17H,3-6,13H2,1-2H3,(H,19,20). The Morgan fingerprint density at radius 1 is 1.19 bits per heavy atom. The first-order valence-corrected chi connectivity index (χ1v) is 8.09. The normalized spacial score (nSPS) is 15.8. The van der Waals surface area contributed by atoms with Gasteiger partial charge in [-0.1, -0.05) is 51.0 Å². The Morgan fingerprint density at radius 2 is 1.90 bits per heavy atom. The molecule has 3 heteroatoms. The molecule has 0 bridgehead atoms. The molecule has 21 heavy (non-hydrogen) atoms. The minimum absolute atomic E-state index is 0.591. The largest absolute Gasteiger partial charge is 0.352 e. The molecule has 3 rings (SSSR count). The van der Waals surface area contributed by atoms with E-state index in [1.54, 1.807) is 0 Å². The van der Waals surface area contributed by atoms with E-state index in [4.69, 9.17) is 0 Å². The molecule has 1 aromatic carbocycles. The number of anilines is 1. The van der Waals surface area contributed by atoms with Gasteiger partial charge in [0.15, 0.2) is 0 Å². The number of hydrogen-bond donors (Lipinski definition) is 1. The summed E-state index contributed by atoms with van der Waals surface area (Å²) < 4.78 is 2.31. The van der Waals surface area contributed by atoms with Crippen molar-refractivity contribution in [3.8, 4) is 0 Å². The lowest BCUT2D eigenvalue weighted by Crippen LogP contribution is -2.10. The van der Waals surface area contributed by atoms with Crippen molar-refractivity contribution in [2.24, 2.45) is 0 Å². The van der Waals surface area contributed by atoms with Crippen molar-refractivity contribution >= 4 is 5.95 Å². The average Bonchev–Trinajstić information content (AvgIpc) is 3.16. The molecule has 1 fully saturated rings. The van der Waals surface area contributed by atoms with Crippen molar-refractivity contribution in [1.82, 2.24) is 9.55 Å². The van der Waals surface area contributed by atoms with Crippen LogP contribution in [0.15, 0.2) is 36.7 Å². The maximum absolute atomic E-state index is 4.47. The first kappa shape index (κ1) is 14.2. The lowest BCUT2D eigenvalue weighted by molar-refractivity contribution is 0.523. The smallest absolute Gasteiger partial charge is 0.203 e. The average molecular weight is 283 g/mol. The Bertz CT molecular complexity index is 562. The summed E-state index contributed by atoms with van der Waals surface area (Å²) in [7, 11) is 0. The summed E-state index contributed by atoms with van der Waals surface area (Å²) in [6.45, 7) is 5.29. The van der Waals surface area contributed by atoms with Gasteiger partial charge in [-0.05, 0) is 29.9 Å². The Labute approximate surface area is 127 Å². The first-order chi connectivity index (χ1) is 10.2. The monoisotopic (exact) mass is 283 g/mol. The molecule has 3 nitrogen and oxygen atoms in total. The van der Waals surface area contributed by atoms with Crippen molar-refractivity contribution in [3.05, 3.63) is 47.8 Å². The van der Waals surface area contributed by atoms with Gasteiger partial charge in [-0.2, -0.15) is 0 Å². The second-order valence-corrected chi connectivity index (χ2v) is 6.35. The summed E-state index contributed by atoms with van der Waals surface area (Å²) in [5.41, 5.74) is 2.70. The molecule has 2 aromatic rings. The van der Waals surface area contributed by atoms with E-state index < -0.39 is 0 Å². The minimum atomic E-state index is 0.591. The predicted molar refractivity (Wildman–Crippen MR) is 87.6 cm³/mol. The highest BCUT2D eigenvalue weighted by Crippen LogP contribution is 2.31. The maximum Gasteiger partial charge on any atom is 0.203 e. The fourth-order valence-corrected chi connectivity index (χ4v) is 3.13. The molecule has 0 saturated heterocycles. The van der Waals surface area contributed by atoms with Crippen molar-refractivity contribution in [2.75, 3.05) is 5.32 Å². The molecule has 0 spiro atoms. The van der Waals surface area contributed by atoms with E-state index in [0.717, 1.165) is 12.5 Å². The molecular formula is C18H25N3. The Kier molecular flexibility index (Phi) is 4.28. The fourth-order valence-electron chi connectivity index (χ4n) is 3.13. The van der Waals surface area contributed by atoms with Crippen LogP contribution in [0.25, 0.3) is 0 Å². The Hall–Kier alpha value is -1.77. The molecular weight excluding hydrogens is 258 g/mol. The highest BCUT2D eigenvalue weighted by molar-refractivity contribution is 5.31. The Balaban J connectivity index is 1.63. The molecule has 0 radical (unpaired) electrons. The molecule has 1 aliphatic carbocycles. The van der Waals surface area contributed by atoms with Crippen molar-refractivity contribution in [2.45, 2.75) is 58.0 Å². The number of nitrogens with zero attached hydrogens (tertiary/aromatic N) is 2. The zero-order chi connectivity index (χ0) is 14.7. The zero-order valence-electron chi connectivity index (χ0n) is 13.0. The van der Waals surface area contributed by atoms with E-state index >= 15 is 0 Å². The lowest BCUT2D eigenvalue weighted by Gasteiger charge is -2.16. The van der Waals surface area contributed by atoms with E-state index in [0.29, 0.717) is 12.0 Å². The third-order valence-electron chi connectivity index (χ3n) is 4.48. The molecule has 1 N–H and O–H groups in total. The van der Waals surface area contributed by atoms with Gasteiger partial charge in [0, 0.05) is 25.0 Å². The fraction of sp³-hybridized carbons (Fsp3) is 0.500. The van der Waals surface area contributed by atoms with Gasteiger partial charge < -0.3 is 9.88 Å². The molecule has 1 aromatic heterocycles. The van der Waals surface area contributed by atoms with E-state index in [1.807, 2.05) is 6.20 Å². The van der Waals surface area contributed by atoms with Gasteiger partial charge in [0.2, 0.25) is 5.95 Å². The number of hydrogen-bond acceptors (Lipinski definition) is 2. The van der Waals surface area contributed by atoms with Crippen LogP contribution in [-0.4, -0.2) is 9.55 Å². The molecule has 112 valence electrons. The summed E-state index contributed by atoms with van der Waals surface area (Å²) in [4.78, 5) is 4.47. The van der Waals surface area contributed by atoms with Crippen LogP contribution in [0.3, 0.4) is 0 Å². The van der Waals surface area contributed by atoms with Crippen LogP contribution in [0.2, 0.25) is 0 Å². The summed E-state index contributed by atoms with van der Waals surface area (Å²) in [6, 6.07) is 9.52. The molecule has 0 aliphatic heterocycles. The SMILES string of the molecule is CC(C)c1ccc(CNc2nccn2C2CCCC2)cc1. The molecule has 0 atom stereocenters. The first-order valence-electron chi connectivity index (χ1n) is 8.09. The van der Waals surface area contributed by atoms with Crippen LogP contribution >= 0.6 is 0 Å². The summed E-state index contributed by atoms with van der Waals surface area (Å²) >= 11 is 0. The molecule has 0 amide bonds. The van der Waals surface area contributed by atoms with E-state index in [2.05, 4.69) is 59.2 Å². The highest BCUT2D eigenvalue weighted by Gasteiger charge is 2.18. The van der Waals surface area contributed by atoms with Crippen molar-refractivity contribution < 1.29 is 0 Å². The second kappa shape index (κ2) is 6.33. The minimum Gasteiger partial charge on any atom is -0.352 e. The van der Waals surface area contributed by atoms with E-state index in [-0.39, 0.29) is 0 Å². The van der Waals surface area contributed by atoms with Gasteiger partial charge in [-0.15, -0.1) is 0 Å². The van der Waals surface area contributed by atoms with E-state index in [9.17, 15) is 0 Å². The third kappa shape index (κ3) is 3.29. The lowest BCUT2D eigenvalue weighted by atomic mass is 10.0. The third-order valence-corrected chi connectivity index (χ3v) is 4.48. The number of imidazole rings is 1. The summed E-state index contributed by atoms with van der Waals surface area (Å²) in [6.07, 6.45) is 9.28. The van der Waals surface area contributed by atoms with Crippen LogP contribution in [0, 0.1) is 0 Å². The van der Waals surface area contributed by atoms with Gasteiger partial charge in [0.1, 0.15) is 0 Å². The summed E-state index contributed by atoms with van der Waals surface area (Å²) in [5, 5.41) is 3.49. The topological polar surface area (TPSA) is 29.9 Å². The maximum atomic E-state index is 4.47. The number of nitrogens with one attached hydrogen (secondary N) is 1. The molecule has 1 aliphatic rings. The second-order valence-electron chi connectivity index (χ2n) is 6.35. The summed E-state index contributed by atoms with van der Waals surface area (Å²) in [5.74, 6) is 1.60. The Morgan fingerprint density at radius 3 is 2.57 bits per heavy atom. The van der Waals surface area contributed by atoms with Crippen LogP contribution in [-0.2, 0) is 6.54 Å².